The molecule has 21 heavy (non-hydrogen) atoms. The molecule has 0 aliphatic rings. The lowest BCUT2D eigenvalue weighted by molar-refractivity contribution is 0.303. The Labute approximate surface area is 129 Å². The molecule has 1 atom stereocenters. The van der Waals surface area contributed by atoms with Crippen LogP contribution in [0.2, 0.25) is 0 Å². The number of nitrogens with one attached hydrogen (secondary N) is 1. The monoisotopic (exact) mass is 308 g/mol. The van der Waals surface area contributed by atoms with E-state index in [4.69, 9.17) is 4.74 Å². The van der Waals surface area contributed by atoms with Crippen LogP contribution in [0.3, 0.4) is 0 Å². The molecular formula is C16H21FN2OS. The van der Waals surface area contributed by atoms with Crippen LogP contribution in [-0.2, 0) is 6.61 Å². The molecule has 0 aliphatic heterocycles. The van der Waals surface area contributed by atoms with E-state index < -0.39 is 0 Å². The second kappa shape index (κ2) is 7.00. The van der Waals surface area contributed by atoms with Crippen molar-refractivity contribution in [3.8, 4) is 5.75 Å². The van der Waals surface area contributed by atoms with E-state index in [1.165, 1.54) is 10.9 Å². The van der Waals surface area contributed by atoms with Gasteiger partial charge in [0.2, 0.25) is 0 Å². The van der Waals surface area contributed by atoms with Crippen LogP contribution in [0.15, 0.2) is 18.2 Å². The second-order valence-corrected chi connectivity index (χ2v) is 6.29. The summed E-state index contributed by atoms with van der Waals surface area (Å²) >= 11 is 1.61. The van der Waals surface area contributed by atoms with E-state index >= 15 is 0 Å². The van der Waals surface area contributed by atoms with Crippen LogP contribution in [0.1, 0.15) is 41.0 Å². The molecular weight excluding hydrogens is 287 g/mol. The highest BCUT2D eigenvalue weighted by Crippen LogP contribution is 2.23. The number of ether oxygens (including phenoxy) is 1. The smallest absolute Gasteiger partial charge is 0.140 e. The lowest BCUT2D eigenvalue weighted by Crippen LogP contribution is -2.18. The third-order valence-corrected chi connectivity index (χ3v) is 4.43. The molecule has 1 aromatic carbocycles. The summed E-state index contributed by atoms with van der Waals surface area (Å²) in [5.41, 5.74) is 1.68. The fraction of sp³-hybridized carbons (Fsp3) is 0.438. The number of hydrogen-bond acceptors (Lipinski definition) is 4. The number of benzene rings is 1. The van der Waals surface area contributed by atoms with Crippen molar-refractivity contribution in [2.45, 2.75) is 40.3 Å². The highest BCUT2D eigenvalue weighted by molar-refractivity contribution is 7.11. The largest absolute Gasteiger partial charge is 0.486 e. The standard InChI is InChI=1S/C16H21FN2OS/c1-5-18-11(3)14-7-6-13(8-15(14)17)20-9-16-19-10(2)12(4)21-16/h6-8,11,18H,5,9H2,1-4H3. The number of rotatable bonds is 6. The van der Waals surface area contributed by atoms with Gasteiger partial charge in [0, 0.05) is 22.5 Å². The highest BCUT2D eigenvalue weighted by atomic mass is 32.1. The van der Waals surface area contributed by atoms with Gasteiger partial charge in [-0.2, -0.15) is 0 Å². The van der Waals surface area contributed by atoms with Crippen molar-refractivity contribution < 1.29 is 9.13 Å². The van der Waals surface area contributed by atoms with E-state index in [0.29, 0.717) is 17.9 Å². The third-order valence-electron chi connectivity index (χ3n) is 3.38. The first kappa shape index (κ1) is 15.9. The maximum Gasteiger partial charge on any atom is 0.140 e. The molecule has 2 rings (SSSR count). The normalized spacial score (nSPS) is 12.4. The van der Waals surface area contributed by atoms with E-state index in [9.17, 15) is 4.39 Å². The zero-order chi connectivity index (χ0) is 15.4. The summed E-state index contributed by atoms with van der Waals surface area (Å²) in [6, 6.07) is 5.01. The van der Waals surface area contributed by atoms with Crippen molar-refractivity contribution >= 4 is 11.3 Å². The van der Waals surface area contributed by atoms with E-state index in [-0.39, 0.29) is 11.9 Å². The van der Waals surface area contributed by atoms with Gasteiger partial charge in [0.15, 0.2) is 0 Å². The molecule has 0 aliphatic carbocycles. The summed E-state index contributed by atoms with van der Waals surface area (Å²) in [5.74, 6) is 0.290. The minimum absolute atomic E-state index is 0.00619. The highest BCUT2D eigenvalue weighted by Gasteiger charge is 2.11. The quantitative estimate of drug-likeness (QED) is 0.870. The Morgan fingerprint density at radius 2 is 2.14 bits per heavy atom. The van der Waals surface area contributed by atoms with Crippen molar-refractivity contribution in [3.63, 3.8) is 0 Å². The lowest BCUT2D eigenvalue weighted by atomic mass is 10.1. The number of aryl methyl sites for hydroxylation is 2. The molecule has 0 radical (unpaired) electrons. The molecule has 1 N–H and O–H groups in total. The van der Waals surface area contributed by atoms with E-state index in [1.54, 1.807) is 23.5 Å². The van der Waals surface area contributed by atoms with Crippen LogP contribution in [-0.4, -0.2) is 11.5 Å². The first-order valence-electron chi connectivity index (χ1n) is 7.09. The minimum Gasteiger partial charge on any atom is -0.486 e. The topological polar surface area (TPSA) is 34.1 Å². The van der Waals surface area contributed by atoms with Crippen molar-refractivity contribution in [3.05, 3.63) is 45.2 Å². The van der Waals surface area contributed by atoms with Gasteiger partial charge in [-0.3, -0.25) is 0 Å². The predicted octanol–water partition coefficient (Wildman–Crippen LogP) is 4.15. The number of hydrogen-bond donors (Lipinski definition) is 1. The van der Waals surface area contributed by atoms with E-state index in [1.807, 2.05) is 27.7 Å². The summed E-state index contributed by atoms with van der Waals surface area (Å²) in [5, 5.41) is 4.11. The Morgan fingerprint density at radius 3 is 2.71 bits per heavy atom. The molecule has 0 bridgehead atoms. The SMILES string of the molecule is CCNC(C)c1ccc(OCc2nc(C)c(C)s2)cc1F. The molecule has 0 saturated heterocycles. The summed E-state index contributed by atoms with van der Waals surface area (Å²) in [6.07, 6.45) is 0. The lowest BCUT2D eigenvalue weighted by Gasteiger charge is -2.14. The molecule has 1 unspecified atom stereocenters. The number of aromatic nitrogens is 1. The first-order valence-corrected chi connectivity index (χ1v) is 7.91. The Kier molecular flexibility index (Phi) is 5.31. The third kappa shape index (κ3) is 4.02. The Balaban J connectivity index is 2.03. The Hall–Kier alpha value is -1.46. The molecule has 3 nitrogen and oxygen atoms in total. The van der Waals surface area contributed by atoms with Crippen LogP contribution >= 0.6 is 11.3 Å². The molecule has 0 spiro atoms. The van der Waals surface area contributed by atoms with Gasteiger partial charge in [-0.15, -0.1) is 11.3 Å². The van der Waals surface area contributed by atoms with Gasteiger partial charge in [0.1, 0.15) is 23.2 Å². The Morgan fingerprint density at radius 1 is 1.38 bits per heavy atom. The molecule has 5 heteroatoms. The molecule has 114 valence electrons. The second-order valence-electron chi connectivity index (χ2n) is 5.00. The van der Waals surface area contributed by atoms with Crippen molar-refractivity contribution in [2.24, 2.45) is 0 Å². The van der Waals surface area contributed by atoms with Gasteiger partial charge in [-0.25, -0.2) is 9.37 Å². The first-order chi connectivity index (χ1) is 10.0. The van der Waals surface area contributed by atoms with Crippen LogP contribution in [0, 0.1) is 19.7 Å². The summed E-state index contributed by atoms with van der Waals surface area (Å²) < 4.78 is 19.7. The molecule has 0 saturated carbocycles. The molecule has 1 aromatic heterocycles. The summed E-state index contributed by atoms with van der Waals surface area (Å²) in [4.78, 5) is 5.60. The van der Waals surface area contributed by atoms with Crippen molar-refractivity contribution in [2.75, 3.05) is 6.54 Å². The molecule has 2 aromatic rings. The fourth-order valence-corrected chi connectivity index (χ4v) is 2.96. The number of halogens is 1. The fourth-order valence-electron chi connectivity index (χ4n) is 2.11. The van der Waals surface area contributed by atoms with E-state index in [0.717, 1.165) is 17.2 Å². The molecule has 0 fully saturated rings. The van der Waals surface area contributed by atoms with Crippen molar-refractivity contribution in [1.29, 1.82) is 0 Å². The van der Waals surface area contributed by atoms with Crippen LogP contribution in [0.5, 0.6) is 5.75 Å². The van der Waals surface area contributed by atoms with Gasteiger partial charge < -0.3 is 10.1 Å². The molecule has 0 amide bonds. The van der Waals surface area contributed by atoms with E-state index in [2.05, 4.69) is 10.3 Å². The maximum atomic E-state index is 14.1. The van der Waals surface area contributed by atoms with Gasteiger partial charge in [-0.05, 0) is 33.4 Å². The number of nitrogens with zero attached hydrogens (tertiary/aromatic N) is 1. The van der Waals surface area contributed by atoms with Crippen LogP contribution in [0.4, 0.5) is 4.39 Å². The van der Waals surface area contributed by atoms with Crippen LogP contribution in [0.25, 0.3) is 0 Å². The van der Waals surface area contributed by atoms with Gasteiger partial charge >= 0.3 is 0 Å². The minimum atomic E-state index is -0.243. The zero-order valence-corrected chi connectivity index (χ0v) is 13.7. The maximum absolute atomic E-state index is 14.1. The van der Waals surface area contributed by atoms with Gasteiger partial charge in [-0.1, -0.05) is 13.0 Å². The average molecular weight is 308 g/mol. The Bertz CT molecular complexity index is 593. The average Bonchev–Trinajstić information content (AvgIpc) is 2.76. The number of thiazole rings is 1. The molecule has 1 heterocycles. The summed E-state index contributed by atoms with van der Waals surface area (Å²) in [7, 11) is 0. The zero-order valence-electron chi connectivity index (χ0n) is 12.9. The van der Waals surface area contributed by atoms with Crippen LogP contribution < -0.4 is 10.1 Å². The predicted molar refractivity (Wildman–Crippen MR) is 84.4 cm³/mol. The van der Waals surface area contributed by atoms with Gasteiger partial charge in [0.05, 0.1) is 5.69 Å². The summed E-state index contributed by atoms with van der Waals surface area (Å²) in [6.45, 7) is 9.15. The van der Waals surface area contributed by atoms with Gasteiger partial charge in [0.25, 0.3) is 0 Å². The van der Waals surface area contributed by atoms with Crippen molar-refractivity contribution in [1.82, 2.24) is 10.3 Å².